The molecule has 0 saturated heterocycles. The molecule has 13 heavy (non-hydrogen) atoms. The molecule has 0 aromatic heterocycles. The molecule has 76 valence electrons. The van der Waals surface area contributed by atoms with Crippen molar-refractivity contribution < 1.29 is 5.11 Å². The summed E-state index contributed by atoms with van der Waals surface area (Å²) in [6.07, 6.45) is 8.30. The van der Waals surface area contributed by atoms with Crippen LogP contribution in [0.2, 0.25) is 0 Å². The Balaban J connectivity index is 1.56. The van der Waals surface area contributed by atoms with E-state index in [-0.39, 0.29) is 0 Å². The third-order valence-electron chi connectivity index (χ3n) is 3.90. The van der Waals surface area contributed by atoms with Gasteiger partial charge in [0.25, 0.3) is 0 Å². The number of aliphatic hydroxyl groups excluding tert-OH is 1. The third-order valence-corrected chi connectivity index (χ3v) is 3.90. The molecule has 0 aromatic carbocycles. The summed E-state index contributed by atoms with van der Waals surface area (Å²) in [7, 11) is 0. The van der Waals surface area contributed by atoms with Crippen LogP contribution in [0.1, 0.15) is 45.4 Å². The molecule has 2 fully saturated rings. The molecule has 2 rings (SSSR count). The van der Waals surface area contributed by atoms with E-state index in [0.29, 0.717) is 6.61 Å². The zero-order valence-corrected chi connectivity index (χ0v) is 8.71. The van der Waals surface area contributed by atoms with Gasteiger partial charge < -0.3 is 5.11 Å². The minimum atomic E-state index is 0.407. The van der Waals surface area contributed by atoms with Crippen LogP contribution in [0.5, 0.6) is 0 Å². The van der Waals surface area contributed by atoms with Gasteiger partial charge in [0, 0.05) is 6.61 Å². The molecule has 0 amide bonds. The van der Waals surface area contributed by atoms with Crippen LogP contribution in [0.25, 0.3) is 0 Å². The van der Waals surface area contributed by atoms with E-state index in [4.69, 9.17) is 5.11 Å². The van der Waals surface area contributed by atoms with E-state index >= 15 is 0 Å². The Labute approximate surface area is 81.5 Å². The normalized spacial score (nSPS) is 42.0. The molecule has 0 heterocycles. The molecule has 1 heteroatoms. The Bertz CT molecular complexity index is 149. The zero-order chi connectivity index (χ0) is 9.26. The highest BCUT2D eigenvalue weighted by molar-refractivity contribution is 4.94. The maximum absolute atomic E-state index is 8.78. The first-order valence-electron chi connectivity index (χ1n) is 5.96. The van der Waals surface area contributed by atoms with Gasteiger partial charge in [-0.15, -0.1) is 0 Å². The van der Waals surface area contributed by atoms with Crippen molar-refractivity contribution in [1.29, 1.82) is 0 Å². The lowest BCUT2D eigenvalue weighted by Crippen LogP contribution is -1.90. The van der Waals surface area contributed by atoms with E-state index in [0.717, 1.165) is 30.1 Å². The second-order valence-electron chi connectivity index (χ2n) is 5.05. The van der Waals surface area contributed by atoms with Crippen LogP contribution in [-0.4, -0.2) is 11.7 Å². The first kappa shape index (κ1) is 9.51. The highest BCUT2D eigenvalue weighted by Crippen LogP contribution is 2.53. The maximum Gasteiger partial charge on any atom is 0.0433 e. The number of rotatable bonds is 6. The fraction of sp³-hybridized carbons (Fsp3) is 1.00. The largest absolute Gasteiger partial charge is 0.396 e. The lowest BCUT2D eigenvalue weighted by Gasteiger charge is -1.98. The summed E-state index contributed by atoms with van der Waals surface area (Å²) in [5.74, 6) is 4.06. The molecule has 4 unspecified atom stereocenters. The van der Waals surface area contributed by atoms with E-state index < -0.39 is 0 Å². The predicted octanol–water partition coefficient (Wildman–Crippen LogP) is 2.83. The van der Waals surface area contributed by atoms with Gasteiger partial charge in [-0.05, 0) is 49.4 Å². The Morgan fingerprint density at radius 2 is 1.62 bits per heavy atom. The minimum Gasteiger partial charge on any atom is -0.396 e. The van der Waals surface area contributed by atoms with Crippen LogP contribution in [-0.2, 0) is 0 Å². The molecular weight excluding hydrogens is 160 g/mol. The third kappa shape index (κ3) is 2.46. The zero-order valence-electron chi connectivity index (χ0n) is 8.71. The second kappa shape index (κ2) is 4.00. The van der Waals surface area contributed by atoms with Crippen molar-refractivity contribution >= 4 is 0 Å². The van der Waals surface area contributed by atoms with Crippen LogP contribution in [0.4, 0.5) is 0 Å². The van der Waals surface area contributed by atoms with E-state index in [1.165, 1.54) is 32.1 Å². The molecule has 1 nitrogen and oxygen atoms in total. The summed E-state index contributed by atoms with van der Waals surface area (Å²) < 4.78 is 0. The second-order valence-corrected chi connectivity index (χ2v) is 5.05. The maximum atomic E-state index is 8.78. The van der Waals surface area contributed by atoms with Gasteiger partial charge in [0.15, 0.2) is 0 Å². The van der Waals surface area contributed by atoms with E-state index in [1.54, 1.807) is 0 Å². The molecule has 4 atom stereocenters. The van der Waals surface area contributed by atoms with Gasteiger partial charge in [-0.3, -0.25) is 0 Å². The number of aliphatic hydroxyl groups is 1. The Morgan fingerprint density at radius 1 is 1.00 bits per heavy atom. The highest BCUT2D eigenvalue weighted by atomic mass is 16.3. The lowest BCUT2D eigenvalue weighted by molar-refractivity contribution is 0.275. The van der Waals surface area contributed by atoms with Crippen LogP contribution in [0.15, 0.2) is 0 Å². The van der Waals surface area contributed by atoms with Crippen LogP contribution in [0, 0.1) is 23.7 Å². The first-order valence-corrected chi connectivity index (χ1v) is 5.96. The topological polar surface area (TPSA) is 20.2 Å². The lowest BCUT2D eigenvalue weighted by atomic mass is 10.1. The first-order chi connectivity index (χ1) is 6.35. The molecule has 2 saturated carbocycles. The monoisotopic (exact) mass is 182 g/mol. The summed E-state index contributed by atoms with van der Waals surface area (Å²) in [4.78, 5) is 0. The summed E-state index contributed by atoms with van der Waals surface area (Å²) in [6.45, 7) is 2.70. The molecule has 0 aromatic rings. The van der Waals surface area contributed by atoms with Crippen molar-refractivity contribution in [1.82, 2.24) is 0 Å². The van der Waals surface area contributed by atoms with Gasteiger partial charge in [0.2, 0.25) is 0 Å². The van der Waals surface area contributed by atoms with Gasteiger partial charge in [0.1, 0.15) is 0 Å². The van der Waals surface area contributed by atoms with Gasteiger partial charge in [-0.1, -0.05) is 19.8 Å². The van der Waals surface area contributed by atoms with Gasteiger partial charge in [-0.25, -0.2) is 0 Å². The SMILES string of the molecule is CCCC1CC1CC1CC1CCO. The van der Waals surface area contributed by atoms with Crippen molar-refractivity contribution in [2.24, 2.45) is 23.7 Å². The smallest absolute Gasteiger partial charge is 0.0433 e. The quantitative estimate of drug-likeness (QED) is 0.669. The van der Waals surface area contributed by atoms with Crippen molar-refractivity contribution in [3.63, 3.8) is 0 Å². The summed E-state index contributed by atoms with van der Waals surface area (Å²) in [6, 6.07) is 0. The molecule has 0 bridgehead atoms. The molecule has 2 aliphatic carbocycles. The Hall–Kier alpha value is -0.0400. The van der Waals surface area contributed by atoms with Gasteiger partial charge in [0.05, 0.1) is 0 Å². The van der Waals surface area contributed by atoms with Crippen molar-refractivity contribution in [2.75, 3.05) is 6.61 Å². The van der Waals surface area contributed by atoms with Crippen molar-refractivity contribution in [3.8, 4) is 0 Å². The highest BCUT2D eigenvalue weighted by Gasteiger charge is 2.44. The Kier molecular flexibility index (Phi) is 2.92. The summed E-state index contributed by atoms with van der Waals surface area (Å²) in [5, 5.41) is 8.78. The van der Waals surface area contributed by atoms with Crippen molar-refractivity contribution in [2.45, 2.75) is 45.4 Å². The average Bonchev–Trinajstić information content (AvgIpc) is 2.97. The molecule has 0 aliphatic heterocycles. The Morgan fingerprint density at radius 3 is 2.15 bits per heavy atom. The molecule has 2 aliphatic rings. The fourth-order valence-electron chi connectivity index (χ4n) is 2.83. The average molecular weight is 182 g/mol. The molecule has 1 N–H and O–H groups in total. The number of hydrogen-bond donors (Lipinski definition) is 1. The van der Waals surface area contributed by atoms with Crippen LogP contribution >= 0.6 is 0 Å². The van der Waals surface area contributed by atoms with E-state index in [9.17, 15) is 0 Å². The fourth-order valence-corrected chi connectivity index (χ4v) is 2.83. The molecule has 0 radical (unpaired) electrons. The van der Waals surface area contributed by atoms with Gasteiger partial charge in [-0.2, -0.15) is 0 Å². The van der Waals surface area contributed by atoms with E-state index in [2.05, 4.69) is 6.92 Å². The molecular formula is C12H22O. The summed E-state index contributed by atoms with van der Waals surface area (Å²) in [5.41, 5.74) is 0. The predicted molar refractivity (Wildman–Crippen MR) is 54.4 cm³/mol. The molecule has 0 spiro atoms. The number of hydrogen-bond acceptors (Lipinski definition) is 1. The van der Waals surface area contributed by atoms with Gasteiger partial charge >= 0.3 is 0 Å². The minimum absolute atomic E-state index is 0.407. The van der Waals surface area contributed by atoms with E-state index in [1.807, 2.05) is 0 Å². The van der Waals surface area contributed by atoms with Crippen LogP contribution in [0.3, 0.4) is 0 Å². The summed E-state index contributed by atoms with van der Waals surface area (Å²) >= 11 is 0. The van der Waals surface area contributed by atoms with Crippen molar-refractivity contribution in [3.05, 3.63) is 0 Å². The van der Waals surface area contributed by atoms with Crippen LogP contribution < -0.4 is 0 Å². The standard InChI is InChI=1S/C12H22O/c1-2-3-9-6-11(9)8-12-7-10(12)4-5-13/h9-13H,2-8H2,1H3.